The average molecular weight is 263 g/mol. The highest BCUT2D eigenvalue weighted by Gasteiger charge is 2.39. The van der Waals surface area contributed by atoms with Crippen molar-refractivity contribution in [1.82, 2.24) is 5.32 Å². The van der Waals surface area contributed by atoms with Gasteiger partial charge in [-0.2, -0.15) is 18.4 Å². The second-order valence-corrected chi connectivity index (χ2v) is 3.85. The SMILES string of the molecule is N#CC(CNCc1ccccc1Cl)C(F)(F)F. The lowest BCUT2D eigenvalue weighted by Gasteiger charge is -2.14. The topological polar surface area (TPSA) is 35.8 Å². The van der Waals surface area contributed by atoms with Crippen molar-refractivity contribution < 1.29 is 13.2 Å². The summed E-state index contributed by atoms with van der Waals surface area (Å²) in [5.41, 5.74) is 0.702. The summed E-state index contributed by atoms with van der Waals surface area (Å²) in [5.74, 6) is -2.00. The summed E-state index contributed by atoms with van der Waals surface area (Å²) >= 11 is 5.84. The van der Waals surface area contributed by atoms with E-state index in [2.05, 4.69) is 5.32 Å². The largest absolute Gasteiger partial charge is 0.405 e. The van der Waals surface area contributed by atoms with Gasteiger partial charge in [-0.1, -0.05) is 29.8 Å². The van der Waals surface area contributed by atoms with Gasteiger partial charge in [-0.3, -0.25) is 0 Å². The number of rotatable bonds is 4. The van der Waals surface area contributed by atoms with E-state index in [-0.39, 0.29) is 6.54 Å². The van der Waals surface area contributed by atoms with Gasteiger partial charge in [-0.25, -0.2) is 0 Å². The van der Waals surface area contributed by atoms with E-state index in [4.69, 9.17) is 16.9 Å². The summed E-state index contributed by atoms with van der Waals surface area (Å²) in [6, 6.07) is 8.07. The van der Waals surface area contributed by atoms with Crippen molar-refractivity contribution in [3.63, 3.8) is 0 Å². The Bertz CT molecular complexity index is 412. The molecule has 1 aromatic rings. The Morgan fingerprint density at radius 1 is 1.35 bits per heavy atom. The predicted octanol–water partition coefficient (Wildman–Crippen LogP) is 3.13. The molecule has 0 spiro atoms. The molecule has 92 valence electrons. The van der Waals surface area contributed by atoms with Gasteiger partial charge in [0.1, 0.15) is 0 Å². The first-order valence-corrected chi connectivity index (χ1v) is 5.23. The van der Waals surface area contributed by atoms with E-state index < -0.39 is 18.6 Å². The van der Waals surface area contributed by atoms with Crippen molar-refractivity contribution in [3.8, 4) is 6.07 Å². The first kappa shape index (κ1) is 13.8. The number of alkyl halides is 3. The van der Waals surface area contributed by atoms with Crippen LogP contribution in [0.1, 0.15) is 5.56 Å². The molecule has 1 unspecified atom stereocenters. The third-order valence-corrected chi connectivity index (χ3v) is 2.54. The Morgan fingerprint density at radius 3 is 2.53 bits per heavy atom. The Hall–Kier alpha value is -1.25. The maximum absolute atomic E-state index is 12.2. The van der Waals surface area contributed by atoms with Gasteiger partial charge >= 0.3 is 6.18 Å². The molecule has 0 saturated carbocycles. The molecule has 0 radical (unpaired) electrons. The van der Waals surface area contributed by atoms with Crippen LogP contribution in [0.2, 0.25) is 5.02 Å². The lowest BCUT2D eigenvalue weighted by atomic mass is 10.1. The Morgan fingerprint density at radius 2 is 2.00 bits per heavy atom. The second kappa shape index (κ2) is 5.89. The molecule has 17 heavy (non-hydrogen) atoms. The monoisotopic (exact) mass is 262 g/mol. The molecule has 0 aliphatic heterocycles. The molecule has 0 aromatic heterocycles. The third-order valence-electron chi connectivity index (χ3n) is 2.17. The molecular formula is C11H10ClF3N2. The quantitative estimate of drug-likeness (QED) is 0.905. The number of nitrogens with zero attached hydrogens (tertiary/aromatic N) is 1. The fraction of sp³-hybridized carbons (Fsp3) is 0.364. The van der Waals surface area contributed by atoms with Crippen LogP contribution in [0.4, 0.5) is 13.2 Å². The molecule has 1 rings (SSSR count). The van der Waals surface area contributed by atoms with E-state index in [1.807, 2.05) is 0 Å². The van der Waals surface area contributed by atoms with Gasteiger partial charge < -0.3 is 5.32 Å². The first-order chi connectivity index (χ1) is 7.95. The van der Waals surface area contributed by atoms with Gasteiger partial charge in [0.15, 0.2) is 5.92 Å². The molecule has 0 saturated heterocycles. The van der Waals surface area contributed by atoms with E-state index >= 15 is 0 Å². The zero-order chi connectivity index (χ0) is 12.9. The Kier molecular flexibility index (Phi) is 4.79. The minimum atomic E-state index is -4.50. The standard InChI is InChI=1S/C11H10ClF3N2/c12-10-4-2-1-3-8(10)6-17-7-9(5-16)11(13,14)15/h1-4,9,17H,6-7H2. The molecule has 1 aromatic carbocycles. The zero-order valence-corrected chi connectivity index (χ0v) is 9.52. The molecule has 1 N–H and O–H groups in total. The average Bonchev–Trinajstić information content (AvgIpc) is 2.25. The highest BCUT2D eigenvalue weighted by Crippen LogP contribution is 2.25. The third kappa shape index (κ3) is 4.25. The summed E-state index contributed by atoms with van der Waals surface area (Å²) in [6.45, 7) is -0.237. The van der Waals surface area contributed by atoms with Crippen molar-refractivity contribution in [2.75, 3.05) is 6.54 Å². The van der Waals surface area contributed by atoms with Gasteiger partial charge in [0, 0.05) is 18.1 Å². The Balaban J connectivity index is 2.48. The maximum atomic E-state index is 12.2. The van der Waals surface area contributed by atoms with E-state index in [0.29, 0.717) is 10.6 Å². The highest BCUT2D eigenvalue weighted by atomic mass is 35.5. The van der Waals surface area contributed by atoms with Crippen LogP contribution in [-0.2, 0) is 6.54 Å². The van der Waals surface area contributed by atoms with Crippen LogP contribution >= 0.6 is 11.6 Å². The number of halogens is 4. The molecule has 0 aliphatic carbocycles. The van der Waals surface area contributed by atoms with Crippen molar-refractivity contribution >= 4 is 11.6 Å². The van der Waals surface area contributed by atoms with Gasteiger partial charge in [0.05, 0.1) is 6.07 Å². The van der Waals surface area contributed by atoms with Crippen LogP contribution in [0.3, 0.4) is 0 Å². The zero-order valence-electron chi connectivity index (χ0n) is 8.76. The highest BCUT2D eigenvalue weighted by molar-refractivity contribution is 6.31. The van der Waals surface area contributed by atoms with Gasteiger partial charge in [-0.05, 0) is 11.6 Å². The van der Waals surface area contributed by atoms with E-state index in [1.54, 1.807) is 24.3 Å². The molecule has 1 atom stereocenters. The number of nitrogens with one attached hydrogen (secondary N) is 1. The minimum absolute atomic E-state index is 0.202. The number of hydrogen-bond acceptors (Lipinski definition) is 2. The molecule has 0 amide bonds. The summed E-state index contributed by atoms with van der Waals surface area (Å²) in [7, 11) is 0. The van der Waals surface area contributed by atoms with Gasteiger partial charge in [-0.15, -0.1) is 0 Å². The molecule has 0 bridgehead atoms. The molecule has 0 aliphatic rings. The number of nitriles is 1. The Labute approximate surface area is 102 Å². The predicted molar refractivity (Wildman–Crippen MR) is 58.3 cm³/mol. The summed E-state index contributed by atoms with van der Waals surface area (Å²) in [6.07, 6.45) is -4.50. The molecule has 0 heterocycles. The molecule has 2 nitrogen and oxygen atoms in total. The van der Waals surface area contributed by atoms with Crippen LogP contribution in [0.15, 0.2) is 24.3 Å². The molecular weight excluding hydrogens is 253 g/mol. The number of benzene rings is 1. The van der Waals surface area contributed by atoms with Crippen LogP contribution < -0.4 is 5.32 Å². The maximum Gasteiger partial charge on any atom is 0.405 e. The smallest absolute Gasteiger partial charge is 0.311 e. The van der Waals surface area contributed by atoms with E-state index in [1.165, 1.54) is 6.07 Å². The van der Waals surface area contributed by atoms with E-state index in [9.17, 15) is 13.2 Å². The number of hydrogen-bond donors (Lipinski definition) is 1. The summed E-state index contributed by atoms with van der Waals surface area (Å²) < 4.78 is 36.7. The van der Waals surface area contributed by atoms with Crippen LogP contribution in [0.5, 0.6) is 0 Å². The van der Waals surface area contributed by atoms with Crippen molar-refractivity contribution in [2.45, 2.75) is 12.7 Å². The van der Waals surface area contributed by atoms with Crippen LogP contribution in [0.25, 0.3) is 0 Å². The minimum Gasteiger partial charge on any atom is -0.311 e. The lowest BCUT2D eigenvalue weighted by molar-refractivity contribution is -0.157. The van der Waals surface area contributed by atoms with Gasteiger partial charge in [0.2, 0.25) is 0 Å². The molecule has 6 heteroatoms. The van der Waals surface area contributed by atoms with E-state index in [0.717, 1.165) is 0 Å². The fourth-order valence-electron chi connectivity index (χ4n) is 1.23. The van der Waals surface area contributed by atoms with Crippen LogP contribution in [-0.4, -0.2) is 12.7 Å². The lowest BCUT2D eigenvalue weighted by Crippen LogP contribution is -2.32. The van der Waals surface area contributed by atoms with Crippen LogP contribution in [0, 0.1) is 17.2 Å². The molecule has 0 fully saturated rings. The van der Waals surface area contributed by atoms with Crippen molar-refractivity contribution in [1.29, 1.82) is 5.26 Å². The van der Waals surface area contributed by atoms with Crippen molar-refractivity contribution in [2.24, 2.45) is 5.92 Å². The summed E-state index contributed by atoms with van der Waals surface area (Å²) in [5, 5.41) is 11.4. The fourth-order valence-corrected chi connectivity index (χ4v) is 1.43. The van der Waals surface area contributed by atoms with Crippen molar-refractivity contribution in [3.05, 3.63) is 34.9 Å². The normalized spacial score (nSPS) is 13.1. The summed E-state index contributed by atoms with van der Waals surface area (Å²) in [4.78, 5) is 0. The van der Waals surface area contributed by atoms with Gasteiger partial charge in [0.25, 0.3) is 0 Å². The second-order valence-electron chi connectivity index (χ2n) is 3.45. The first-order valence-electron chi connectivity index (χ1n) is 4.85.